The number of hydrogen-bond donors (Lipinski definition) is 0. The number of aryl methyl sites for hydroxylation is 1. The molecule has 6 heteroatoms. The highest BCUT2D eigenvalue weighted by Crippen LogP contribution is 2.29. The van der Waals surface area contributed by atoms with Crippen molar-refractivity contribution in [1.29, 1.82) is 5.26 Å². The molecule has 0 N–H and O–H groups in total. The number of hydrogen-bond acceptors (Lipinski definition) is 2. The third-order valence-electron chi connectivity index (χ3n) is 3.74. The lowest BCUT2D eigenvalue weighted by atomic mass is 10.1. The van der Waals surface area contributed by atoms with Crippen LogP contribution in [0.4, 0.5) is 4.39 Å². The third kappa shape index (κ3) is 2.90. The molecule has 23 heavy (non-hydrogen) atoms. The summed E-state index contributed by atoms with van der Waals surface area (Å²) in [6.07, 6.45) is -1.66. The van der Waals surface area contributed by atoms with Gasteiger partial charge in [0.05, 0.1) is 17.8 Å². The molecule has 3 nitrogen and oxygen atoms in total. The average molecular weight is 348 g/mol. The molecular formula is C17H12Cl2FN3. The molecule has 0 spiro atoms. The Morgan fingerprint density at radius 1 is 1.26 bits per heavy atom. The summed E-state index contributed by atoms with van der Waals surface area (Å²) in [7, 11) is 0. The van der Waals surface area contributed by atoms with Crippen LogP contribution in [-0.4, -0.2) is 9.78 Å². The minimum Gasteiger partial charge on any atom is -0.260 e. The summed E-state index contributed by atoms with van der Waals surface area (Å²) in [6.45, 7) is 2.25. The van der Waals surface area contributed by atoms with E-state index in [0.717, 1.165) is 22.2 Å². The summed E-state index contributed by atoms with van der Waals surface area (Å²) in [6, 6.07) is 11.9. The Kier molecular flexibility index (Phi) is 4.25. The van der Waals surface area contributed by atoms with E-state index in [1.807, 2.05) is 6.92 Å². The van der Waals surface area contributed by atoms with Crippen LogP contribution in [0.1, 0.15) is 23.0 Å². The predicted octanol–water partition coefficient (Wildman–Crippen LogP) is 5.23. The van der Waals surface area contributed by atoms with Crippen LogP contribution in [0.25, 0.3) is 10.9 Å². The molecule has 1 unspecified atom stereocenters. The van der Waals surface area contributed by atoms with Gasteiger partial charge < -0.3 is 0 Å². The first kappa shape index (κ1) is 15.8. The molecule has 0 aliphatic carbocycles. The Morgan fingerprint density at radius 2 is 1.96 bits per heavy atom. The zero-order chi connectivity index (χ0) is 16.6. The van der Waals surface area contributed by atoms with Crippen molar-refractivity contribution in [1.82, 2.24) is 9.78 Å². The summed E-state index contributed by atoms with van der Waals surface area (Å²) in [5.74, 6) is 0. The molecule has 1 aromatic heterocycles. The Hall–Kier alpha value is -2.09. The normalized spacial score (nSPS) is 12.3. The van der Waals surface area contributed by atoms with Gasteiger partial charge in [-0.1, -0.05) is 41.4 Å². The van der Waals surface area contributed by atoms with Crippen molar-refractivity contribution in [3.63, 3.8) is 0 Å². The Balaban J connectivity index is 2.12. The molecule has 3 rings (SSSR count). The lowest BCUT2D eigenvalue weighted by Gasteiger charge is -2.09. The Labute approximate surface area is 142 Å². The van der Waals surface area contributed by atoms with Gasteiger partial charge in [-0.2, -0.15) is 10.4 Å². The van der Waals surface area contributed by atoms with Gasteiger partial charge in [0.15, 0.2) is 0 Å². The third-order valence-corrected chi connectivity index (χ3v) is 4.44. The molecule has 0 fully saturated rings. The zero-order valence-corrected chi connectivity index (χ0v) is 13.7. The fourth-order valence-electron chi connectivity index (χ4n) is 2.54. The molecule has 2 aromatic carbocycles. The number of rotatable bonds is 3. The maximum Gasteiger partial charge on any atom is 0.211 e. The van der Waals surface area contributed by atoms with E-state index in [-0.39, 0.29) is 0 Å². The Bertz CT molecular complexity index is 907. The second kappa shape index (κ2) is 6.19. The van der Waals surface area contributed by atoms with Gasteiger partial charge in [-0.05, 0) is 25.1 Å². The smallest absolute Gasteiger partial charge is 0.211 e. The lowest BCUT2D eigenvalue weighted by molar-refractivity contribution is 0.424. The highest BCUT2D eigenvalue weighted by molar-refractivity contribution is 6.36. The van der Waals surface area contributed by atoms with Gasteiger partial charge in [0.25, 0.3) is 0 Å². The van der Waals surface area contributed by atoms with E-state index in [0.29, 0.717) is 22.2 Å². The topological polar surface area (TPSA) is 41.6 Å². The van der Waals surface area contributed by atoms with Crippen molar-refractivity contribution in [2.24, 2.45) is 0 Å². The van der Waals surface area contributed by atoms with E-state index in [9.17, 15) is 4.39 Å². The standard InChI is InChI=1S/C17H12Cl2FN3/c1-10-12-6-5-11(16(20)8-21)7-17(12)23(22-10)9-13-14(18)3-2-4-15(13)19/h2-7,16H,9H2,1H3. The van der Waals surface area contributed by atoms with Gasteiger partial charge in [0, 0.05) is 26.6 Å². The summed E-state index contributed by atoms with van der Waals surface area (Å²) in [5.41, 5.74) is 2.63. The van der Waals surface area contributed by atoms with Crippen LogP contribution in [0.2, 0.25) is 10.0 Å². The number of nitriles is 1. The fourth-order valence-corrected chi connectivity index (χ4v) is 3.06. The van der Waals surface area contributed by atoms with Crippen LogP contribution in [0.3, 0.4) is 0 Å². The SMILES string of the molecule is Cc1nn(Cc2c(Cl)cccc2Cl)c2cc(C(F)C#N)ccc12. The largest absolute Gasteiger partial charge is 0.260 e. The van der Waals surface area contributed by atoms with Crippen LogP contribution in [-0.2, 0) is 6.54 Å². The molecule has 0 aliphatic heterocycles. The predicted molar refractivity (Wildman–Crippen MR) is 89.5 cm³/mol. The lowest BCUT2D eigenvalue weighted by Crippen LogP contribution is -2.03. The van der Waals surface area contributed by atoms with Gasteiger partial charge in [-0.3, -0.25) is 4.68 Å². The minimum atomic E-state index is -1.66. The molecule has 116 valence electrons. The second-order valence-corrected chi connectivity index (χ2v) is 6.03. The van der Waals surface area contributed by atoms with Crippen LogP contribution < -0.4 is 0 Å². The van der Waals surface area contributed by atoms with Gasteiger partial charge in [-0.15, -0.1) is 0 Å². The van der Waals surface area contributed by atoms with Crippen molar-refractivity contribution in [3.8, 4) is 6.07 Å². The van der Waals surface area contributed by atoms with Gasteiger partial charge >= 0.3 is 0 Å². The molecule has 0 saturated heterocycles. The quantitative estimate of drug-likeness (QED) is 0.650. The highest BCUT2D eigenvalue weighted by Gasteiger charge is 2.15. The molecule has 1 heterocycles. The number of aromatic nitrogens is 2. The summed E-state index contributed by atoms with van der Waals surface area (Å²) in [5, 5.41) is 15.3. The van der Waals surface area contributed by atoms with E-state index in [1.165, 1.54) is 0 Å². The number of nitrogens with zero attached hydrogens (tertiary/aromatic N) is 3. The van der Waals surface area contributed by atoms with E-state index >= 15 is 0 Å². The summed E-state index contributed by atoms with van der Waals surface area (Å²) < 4.78 is 15.4. The number of fused-ring (bicyclic) bond motifs is 1. The molecule has 0 aliphatic rings. The maximum absolute atomic E-state index is 13.7. The van der Waals surface area contributed by atoms with E-state index in [1.54, 1.807) is 47.1 Å². The number of halogens is 3. The number of alkyl halides is 1. The minimum absolute atomic E-state index is 0.311. The summed E-state index contributed by atoms with van der Waals surface area (Å²) >= 11 is 12.4. The van der Waals surface area contributed by atoms with Gasteiger partial charge in [-0.25, -0.2) is 4.39 Å². The second-order valence-electron chi connectivity index (χ2n) is 5.21. The van der Waals surface area contributed by atoms with Gasteiger partial charge in [0.2, 0.25) is 6.17 Å². The first-order valence-corrected chi connectivity index (χ1v) is 7.70. The molecule has 3 aromatic rings. The van der Waals surface area contributed by atoms with Crippen LogP contribution in [0.15, 0.2) is 36.4 Å². The van der Waals surface area contributed by atoms with Crippen LogP contribution in [0, 0.1) is 18.3 Å². The first-order chi connectivity index (χ1) is 11.0. The highest BCUT2D eigenvalue weighted by atomic mass is 35.5. The zero-order valence-electron chi connectivity index (χ0n) is 12.2. The molecular weight excluding hydrogens is 336 g/mol. The van der Waals surface area contributed by atoms with Crippen molar-refractivity contribution in [2.75, 3.05) is 0 Å². The Morgan fingerprint density at radius 3 is 2.61 bits per heavy atom. The maximum atomic E-state index is 13.7. The van der Waals surface area contributed by atoms with Crippen molar-refractivity contribution in [3.05, 3.63) is 63.3 Å². The molecule has 0 radical (unpaired) electrons. The van der Waals surface area contributed by atoms with E-state index < -0.39 is 6.17 Å². The van der Waals surface area contributed by atoms with E-state index in [4.69, 9.17) is 28.5 Å². The number of benzene rings is 2. The van der Waals surface area contributed by atoms with Crippen molar-refractivity contribution >= 4 is 34.1 Å². The average Bonchev–Trinajstić information content (AvgIpc) is 2.86. The molecule has 0 amide bonds. The fraction of sp³-hybridized carbons (Fsp3) is 0.176. The molecule has 1 atom stereocenters. The van der Waals surface area contributed by atoms with Crippen molar-refractivity contribution < 1.29 is 4.39 Å². The van der Waals surface area contributed by atoms with Crippen LogP contribution >= 0.6 is 23.2 Å². The monoisotopic (exact) mass is 347 g/mol. The van der Waals surface area contributed by atoms with Crippen LogP contribution in [0.5, 0.6) is 0 Å². The molecule has 0 bridgehead atoms. The molecule has 0 saturated carbocycles. The van der Waals surface area contributed by atoms with Crippen molar-refractivity contribution in [2.45, 2.75) is 19.6 Å². The first-order valence-electron chi connectivity index (χ1n) is 6.95. The van der Waals surface area contributed by atoms with E-state index in [2.05, 4.69) is 5.10 Å². The van der Waals surface area contributed by atoms with Gasteiger partial charge in [0.1, 0.15) is 6.07 Å². The summed E-state index contributed by atoms with van der Waals surface area (Å²) in [4.78, 5) is 0.